The summed E-state index contributed by atoms with van der Waals surface area (Å²) in [5, 5.41) is 0. The maximum atomic E-state index is 10.3. The van der Waals surface area contributed by atoms with Crippen molar-refractivity contribution >= 4 is 16.3 Å². The van der Waals surface area contributed by atoms with Gasteiger partial charge in [0, 0.05) is 11.9 Å². The summed E-state index contributed by atoms with van der Waals surface area (Å²) in [4.78, 5) is 0. The van der Waals surface area contributed by atoms with Crippen LogP contribution in [0, 0.1) is 5.92 Å². The predicted molar refractivity (Wildman–Crippen MR) is 51.0 cm³/mol. The van der Waals surface area contributed by atoms with Gasteiger partial charge in [-0.15, -0.1) is 0 Å². The van der Waals surface area contributed by atoms with Crippen LogP contribution in [0.15, 0.2) is 0 Å². The molecule has 1 heterocycles. The standard InChI is InChI=1S/C8H14BO3P/c1-3-8(11-5-13-10)6(2)4-7(9)12-8/h6-7H,3-5H2,1-2H3. The Hall–Kier alpha value is 0.0849. The molecule has 0 spiro atoms. The first-order valence-corrected chi connectivity index (χ1v) is 5.51. The third-order valence-corrected chi connectivity index (χ3v) is 2.78. The third-order valence-electron chi connectivity index (χ3n) is 2.54. The molecule has 0 aromatic heterocycles. The van der Waals surface area contributed by atoms with E-state index in [9.17, 15) is 4.57 Å². The smallest absolute Gasteiger partial charge is 0.184 e. The van der Waals surface area contributed by atoms with Gasteiger partial charge in [0.25, 0.3) is 0 Å². The number of hydrogen-bond donors (Lipinski definition) is 0. The van der Waals surface area contributed by atoms with Crippen LogP contribution in [0.5, 0.6) is 0 Å². The first-order chi connectivity index (χ1) is 6.14. The molecule has 3 unspecified atom stereocenters. The molecule has 1 aliphatic rings. The highest BCUT2D eigenvalue weighted by Gasteiger charge is 2.44. The van der Waals surface area contributed by atoms with Crippen LogP contribution in [0.2, 0.25) is 0 Å². The zero-order valence-corrected chi connectivity index (χ0v) is 8.92. The van der Waals surface area contributed by atoms with Crippen LogP contribution in [0.3, 0.4) is 0 Å². The van der Waals surface area contributed by atoms with Crippen molar-refractivity contribution in [3.8, 4) is 0 Å². The fourth-order valence-electron chi connectivity index (χ4n) is 1.79. The maximum absolute atomic E-state index is 10.3. The van der Waals surface area contributed by atoms with Gasteiger partial charge in [0.15, 0.2) is 14.2 Å². The third kappa shape index (κ3) is 2.31. The Morgan fingerprint density at radius 1 is 1.77 bits per heavy atom. The van der Waals surface area contributed by atoms with Gasteiger partial charge >= 0.3 is 0 Å². The van der Waals surface area contributed by atoms with Crippen molar-refractivity contribution in [1.29, 1.82) is 0 Å². The molecule has 1 rings (SSSR count). The molecule has 1 aliphatic heterocycles. The van der Waals surface area contributed by atoms with Crippen LogP contribution >= 0.6 is 8.46 Å². The summed E-state index contributed by atoms with van der Waals surface area (Å²) in [5.74, 6) is -0.356. The van der Waals surface area contributed by atoms with Crippen LogP contribution in [-0.2, 0) is 14.0 Å². The van der Waals surface area contributed by atoms with Crippen molar-refractivity contribution in [2.24, 2.45) is 5.92 Å². The summed E-state index contributed by atoms with van der Waals surface area (Å²) < 4.78 is 21.3. The van der Waals surface area contributed by atoms with Gasteiger partial charge < -0.3 is 9.47 Å². The van der Waals surface area contributed by atoms with Crippen LogP contribution < -0.4 is 0 Å². The molecular weight excluding hydrogens is 186 g/mol. The van der Waals surface area contributed by atoms with Crippen molar-refractivity contribution < 1.29 is 14.0 Å². The molecule has 3 nitrogen and oxygen atoms in total. The molecular formula is C8H14BO3P. The highest BCUT2D eigenvalue weighted by Crippen LogP contribution is 2.38. The van der Waals surface area contributed by atoms with Gasteiger partial charge in [0.05, 0.1) is 0 Å². The molecule has 0 aromatic rings. The minimum absolute atomic E-state index is 0.0152. The Morgan fingerprint density at radius 3 is 2.85 bits per heavy atom. The molecule has 13 heavy (non-hydrogen) atoms. The Kier molecular flexibility index (Phi) is 3.90. The lowest BCUT2D eigenvalue weighted by Crippen LogP contribution is -2.37. The minimum Gasteiger partial charge on any atom is -0.356 e. The Balaban J connectivity index is 2.62. The molecule has 0 aliphatic carbocycles. The Morgan fingerprint density at radius 2 is 2.46 bits per heavy atom. The SMILES string of the molecule is [B]C1CC(C)C(CC)(OCP=O)O1. The normalized spacial score (nSPS) is 39.8. The van der Waals surface area contributed by atoms with Gasteiger partial charge in [0.2, 0.25) is 0 Å². The van der Waals surface area contributed by atoms with Crippen molar-refractivity contribution in [3.05, 3.63) is 0 Å². The largest absolute Gasteiger partial charge is 0.356 e. The lowest BCUT2D eigenvalue weighted by Gasteiger charge is -2.31. The second kappa shape index (κ2) is 4.54. The highest BCUT2D eigenvalue weighted by atomic mass is 31.1. The lowest BCUT2D eigenvalue weighted by atomic mass is 9.90. The summed E-state index contributed by atoms with van der Waals surface area (Å²) >= 11 is 0. The van der Waals surface area contributed by atoms with Gasteiger partial charge in [-0.2, -0.15) is 0 Å². The summed E-state index contributed by atoms with van der Waals surface area (Å²) in [6.07, 6.45) is 1.70. The molecule has 0 saturated carbocycles. The number of ether oxygens (including phenoxy) is 2. The molecule has 0 N–H and O–H groups in total. The summed E-state index contributed by atoms with van der Waals surface area (Å²) in [6.45, 7) is 4.02. The molecule has 72 valence electrons. The van der Waals surface area contributed by atoms with Crippen LogP contribution in [0.1, 0.15) is 26.7 Å². The lowest BCUT2D eigenvalue weighted by molar-refractivity contribution is -0.224. The van der Waals surface area contributed by atoms with Crippen LogP contribution in [0.4, 0.5) is 0 Å². The highest BCUT2D eigenvalue weighted by molar-refractivity contribution is 7.23. The molecule has 2 radical (unpaired) electrons. The second-order valence-corrected chi connectivity index (χ2v) is 3.88. The summed E-state index contributed by atoms with van der Waals surface area (Å²) in [5.41, 5.74) is 0. The van der Waals surface area contributed by atoms with E-state index < -0.39 is 5.79 Å². The second-order valence-electron chi connectivity index (χ2n) is 3.36. The van der Waals surface area contributed by atoms with E-state index in [0.29, 0.717) is 0 Å². The minimum atomic E-state index is -0.614. The molecule has 1 fully saturated rings. The molecule has 0 aromatic carbocycles. The van der Waals surface area contributed by atoms with Crippen molar-refractivity contribution in [2.45, 2.75) is 38.5 Å². The van der Waals surface area contributed by atoms with Crippen LogP contribution in [-0.4, -0.2) is 26.0 Å². The molecule has 0 amide bonds. The van der Waals surface area contributed by atoms with E-state index in [1.165, 1.54) is 0 Å². The zero-order chi connectivity index (χ0) is 9.90. The fourth-order valence-corrected chi connectivity index (χ4v) is 2.07. The molecule has 0 bridgehead atoms. The van der Waals surface area contributed by atoms with E-state index in [2.05, 4.69) is 0 Å². The van der Waals surface area contributed by atoms with Crippen molar-refractivity contribution in [2.75, 3.05) is 6.35 Å². The van der Waals surface area contributed by atoms with E-state index >= 15 is 0 Å². The zero-order valence-electron chi connectivity index (χ0n) is 8.03. The Bertz CT molecular complexity index is 190. The molecule has 1 saturated heterocycles. The number of rotatable bonds is 4. The van der Waals surface area contributed by atoms with Gasteiger partial charge in [-0.05, 0) is 12.8 Å². The van der Waals surface area contributed by atoms with E-state index in [1.807, 2.05) is 13.8 Å². The van der Waals surface area contributed by atoms with Crippen molar-refractivity contribution in [1.82, 2.24) is 0 Å². The van der Waals surface area contributed by atoms with Gasteiger partial charge in [-0.3, -0.25) is 4.57 Å². The fraction of sp³-hybridized carbons (Fsp3) is 1.00. The quantitative estimate of drug-likeness (QED) is 0.513. The summed E-state index contributed by atoms with van der Waals surface area (Å²) in [7, 11) is 5.65. The summed E-state index contributed by atoms with van der Waals surface area (Å²) in [6, 6.07) is -0.252. The van der Waals surface area contributed by atoms with Gasteiger partial charge in [-0.1, -0.05) is 13.8 Å². The van der Waals surface area contributed by atoms with Gasteiger partial charge in [-0.25, -0.2) is 0 Å². The van der Waals surface area contributed by atoms with Crippen molar-refractivity contribution in [3.63, 3.8) is 0 Å². The monoisotopic (exact) mass is 200 g/mol. The molecule has 5 heteroatoms. The number of hydrogen-bond acceptors (Lipinski definition) is 3. The van der Waals surface area contributed by atoms with E-state index in [-0.39, 0.29) is 26.7 Å². The van der Waals surface area contributed by atoms with Gasteiger partial charge in [0.1, 0.15) is 14.2 Å². The first kappa shape index (κ1) is 11.2. The Labute approximate surface area is 81.8 Å². The topological polar surface area (TPSA) is 35.5 Å². The maximum Gasteiger partial charge on any atom is 0.184 e. The average molecular weight is 200 g/mol. The molecule has 3 atom stereocenters. The van der Waals surface area contributed by atoms with E-state index in [4.69, 9.17) is 17.3 Å². The first-order valence-electron chi connectivity index (χ1n) is 4.51. The van der Waals surface area contributed by atoms with E-state index in [0.717, 1.165) is 12.8 Å². The van der Waals surface area contributed by atoms with E-state index in [1.54, 1.807) is 0 Å². The van der Waals surface area contributed by atoms with Crippen LogP contribution in [0.25, 0.3) is 0 Å². The predicted octanol–water partition coefficient (Wildman–Crippen LogP) is 1.91. The average Bonchev–Trinajstić information content (AvgIpc) is 2.38.